The van der Waals surface area contributed by atoms with E-state index in [0.29, 0.717) is 38.5 Å². The Hall–Kier alpha value is -2.44. The number of methoxy groups -OCH3 is 1. The standard InChI is InChI=1S/C19H16ClNO4S/c1-11-14(10-17(22)25-26)18-15(4-3-5-16(18)24-2)21(11)19(23)12-6-8-13(20)9-7-12/h3-9,26H,10H2,1-2H3. The van der Waals surface area contributed by atoms with Crippen molar-refractivity contribution in [1.29, 1.82) is 0 Å². The Bertz CT molecular complexity index is 995. The van der Waals surface area contributed by atoms with Crippen LogP contribution in [0.15, 0.2) is 42.5 Å². The largest absolute Gasteiger partial charge is 0.496 e. The van der Waals surface area contributed by atoms with Crippen LogP contribution in [0.3, 0.4) is 0 Å². The van der Waals surface area contributed by atoms with E-state index in [-0.39, 0.29) is 12.3 Å². The smallest absolute Gasteiger partial charge is 0.322 e. The minimum atomic E-state index is -0.514. The van der Waals surface area contributed by atoms with E-state index in [1.165, 1.54) is 0 Å². The maximum Gasteiger partial charge on any atom is 0.322 e. The van der Waals surface area contributed by atoms with Gasteiger partial charge < -0.3 is 8.92 Å². The van der Waals surface area contributed by atoms with Crippen molar-refractivity contribution >= 4 is 47.3 Å². The molecule has 3 rings (SSSR count). The molecule has 0 unspecified atom stereocenters. The fourth-order valence-corrected chi connectivity index (χ4v) is 3.24. The van der Waals surface area contributed by atoms with Crippen LogP contribution in [0.1, 0.15) is 21.6 Å². The minimum Gasteiger partial charge on any atom is -0.496 e. The van der Waals surface area contributed by atoms with E-state index in [9.17, 15) is 9.59 Å². The molecule has 3 aromatic rings. The number of carbonyl (C=O) groups excluding carboxylic acids is 2. The molecule has 7 heteroatoms. The Labute approximate surface area is 161 Å². The van der Waals surface area contributed by atoms with E-state index in [1.807, 2.05) is 6.07 Å². The van der Waals surface area contributed by atoms with E-state index < -0.39 is 5.97 Å². The zero-order valence-corrected chi connectivity index (χ0v) is 15.8. The third-order valence-corrected chi connectivity index (χ3v) is 4.71. The van der Waals surface area contributed by atoms with Crippen LogP contribution in [0.4, 0.5) is 0 Å². The molecule has 0 atom stereocenters. The van der Waals surface area contributed by atoms with Crippen LogP contribution in [-0.4, -0.2) is 23.6 Å². The topological polar surface area (TPSA) is 57.5 Å². The van der Waals surface area contributed by atoms with E-state index >= 15 is 0 Å². The Balaban J connectivity index is 2.25. The van der Waals surface area contributed by atoms with Crippen molar-refractivity contribution in [3.05, 3.63) is 64.3 Å². The molecule has 0 aliphatic rings. The van der Waals surface area contributed by atoms with Gasteiger partial charge in [-0.15, -0.1) is 0 Å². The Morgan fingerprint density at radius 3 is 2.46 bits per heavy atom. The van der Waals surface area contributed by atoms with Gasteiger partial charge in [0.2, 0.25) is 0 Å². The molecule has 0 fully saturated rings. The molecule has 1 aromatic heterocycles. The highest BCUT2D eigenvalue weighted by atomic mass is 35.5. The predicted molar refractivity (Wildman–Crippen MR) is 103 cm³/mol. The fraction of sp³-hybridized carbons (Fsp3) is 0.158. The van der Waals surface area contributed by atoms with Gasteiger partial charge in [0.1, 0.15) is 5.75 Å². The van der Waals surface area contributed by atoms with Gasteiger partial charge in [-0.1, -0.05) is 17.7 Å². The molecule has 0 saturated carbocycles. The van der Waals surface area contributed by atoms with Gasteiger partial charge in [0.05, 0.1) is 19.0 Å². The van der Waals surface area contributed by atoms with Crippen molar-refractivity contribution in [3.63, 3.8) is 0 Å². The molecule has 0 spiro atoms. The van der Waals surface area contributed by atoms with Crippen LogP contribution in [-0.2, 0) is 15.4 Å². The summed E-state index contributed by atoms with van der Waals surface area (Å²) in [6.07, 6.45) is -0.0207. The molecule has 0 bridgehead atoms. The first-order chi connectivity index (χ1) is 12.5. The highest BCUT2D eigenvalue weighted by Gasteiger charge is 2.24. The van der Waals surface area contributed by atoms with Crippen LogP contribution in [0.25, 0.3) is 10.9 Å². The Morgan fingerprint density at radius 2 is 1.85 bits per heavy atom. The first-order valence-electron chi connectivity index (χ1n) is 7.79. The van der Waals surface area contributed by atoms with Crippen LogP contribution in [0.5, 0.6) is 5.75 Å². The monoisotopic (exact) mass is 389 g/mol. The number of hydrogen-bond donors (Lipinski definition) is 1. The number of hydrogen-bond acceptors (Lipinski definition) is 5. The van der Waals surface area contributed by atoms with Crippen molar-refractivity contribution in [3.8, 4) is 5.75 Å². The number of thiol groups is 1. The molecule has 0 radical (unpaired) electrons. The molecule has 134 valence electrons. The zero-order chi connectivity index (χ0) is 18.8. The lowest BCUT2D eigenvalue weighted by molar-refractivity contribution is -0.132. The molecule has 0 N–H and O–H groups in total. The van der Waals surface area contributed by atoms with E-state index in [2.05, 4.69) is 17.1 Å². The van der Waals surface area contributed by atoms with Crippen molar-refractivity contribution < 1.29 is 18.5 Å². The number of benzene rings is 2. The Kier molecular flexibility index (Phi) is 5.25. The molecule has 0 saturated heterocycles. The van der Waals surface area contributed by atoms with Crippen LogP contribution >= 0.6 is 24.5 Å². The highest BCUT2D eigenvalue weighted by Crippen LogP contribution is 2.34. The third kappa shape index (κ3) is 3.18. The number of fused-ring (bicyclic) bond motifs is 1. The molecule has 0 aliphatic heterocycles. The van der Waals surface area contributed by atoms with Crippen molar-refractivity contribution in [2.75, 3.05) is 7.11 Å². The number of halogens is 1. The quantitative estimate of drug-likeness (QED) is 0.536. The van der Waals surface area contributed by atoms with Gasteiger partial charge in [-0.2, -0.15) is 0 Å². The summed E-state index contributed by atoms with van der Waals surface area (Å²) in [7, 11) is 1.54. The second-order valence-electron chi connectivity index (χ2n) is 5.71. The molecule has 5 nitrogen and oxygen atoms in total. The SMILES string of the molecule is COc1cccc2c1c(CC(=O)OS)c(C)n2C(=O)c1ccc(Cl)cc1. The van der Waals surface area contributed by atoms with Gasteiger partial charge in [0.25, 0.3) is 5.91 Å². The van der Waals surface area contributed by atoms with Crippen LogP contribution in [0.2, 0.25) is 5.02 Å². The molecule has 1 heterocycles. The summed E-state index contributed by atoms with van der Waals surface area (Å²) in [4.78, 5) is 24.9. The normalized spacial score (nSPS) is 10.8. The lowest BCUT2D eigenvalue weighted by atomic mass is 10.1. The predicted octanol–water partition coefficient (Wildman–Crippen LogP) is 4.23. The number of nitrogens with zero attached hydrogens (tertiary/aromatic N) is 1. The summed E-state index contributed by atoms with van der Waals surface area (Å²) in [5.41, 5.74) is 2.45. The lowest BCUT2D eigenvalue weighted by Gasteiger charge is -2.08. The van der Waals surface area contributed by atoms with Crippen LogP contribution < -0.4 is 4.74 Å². The lowest BCUT2D eigenvalue weighted by Crippen LogP contribution is -2.14. The minimum absolute atomic E-state index is 0.0207. The number of carbonyl (C=O) groups is 2. The van der Waals surface area contributed by atoms with Crippen molar-refractivity contribution in [2.45, 2.75) is 13.3 Å². The average molecular weight is 390 g/mol. The second kappa shape index (κ2) is 7.43. The van der Waals surface area contributed by atoms with Crippen LogP contribution in [0, 0.1) is 6.92 Å². The zero-order valence-electron chi connectivity index (χ0n) is 14.2. The molecule has 0 aliphatic carbocycles. The van der Waals surface area contributed by atoms with E-state index in [1.54, 1.807) is 55.0 Å². The van der Waals surface area contributed by atoms with Gasteiger partial charge >= 0.3 is 5.97 Å². The third-order valence-electron chi connectivity index (χ3n) is 4.26. The van der Waals surface area contributed by atoms with Crippen molar-refractivity contribution in [1.82, 2.24) is 4.57 Å². The highest BCUT2D eigenvalue weighted by molar-refractivity contribution is 7.75. The summed E-state index contributed by atoms with van der Waals surface area (Å²) in [5, 5.41) is 1.25. The molecule has 26 heavy (non-hydrogen) atoms. The van der Waals surface area contributed by atoms with E-state index in [4.69, 9.17) is 16.3 Å². The maximum atomic E-state index is 13.1. The number of rotatable bonds is 4. The summed E-state index contributed by atoms with van der Waals surface area (Å²) in [5.74, 6) is -0.154. The summed E-state index contributed by atoms with van der Waals surface area (Å²) >= 11 is 9.48. The van der Waals surface area contributed by atoms with Gasteiger partial charge in [0, 0.05) is 34.6 Å². The number of ether oxygens (including phenoxy) is 1. The van der Waals surface area contributed by atoms with Gasteiger partial charge in [-0.3, -0.25) is 14.2 Å². The molecular weight excluding hydrogens is 374 g/mol. The van der Waals surface area contributed by atoms with Gasteiger partial charge in [0.15, 0.2) is 0 Å². The van der Waals surface area contributed by atoms with E-state index in [0.717, 1.165) is 0 Å². The molecular formula is C19H16ClNO4S. The fourth-order valence-electron chi connectivity index (χ4n) is 3.05. The Morgan fingerprint density at radius 1 is 1.15 bits per heavy atom. The molecule has 2 aromatic carbocycles. The second-order valence-corrected chi connectivity index (χ2v) is 6.32. The first kappa shape index (κ1) is 18.4. The van der Waals surface area contributed by atoms with Gasteiger partial charge in [-0.25, -0.2) is 0 Å². The van der Waals surface area contributed by atoms with Gasteiger partial charge in [-0.05, 0) is 48.9 Å². The first-order valence-corrected chi connectivity index (χ1v) is 8.53. The molecule has 0 amide bonds. The summed E-state index contributed by atoms with van der Waals surface area (Å²) in [6, 6.07) is 12.1. The van der Waals surface area contributed by atoms with Crippen molar-refractivity contribution in [2.24, 2.45) is 0 Å². The maximum absolute atomic E-state index is 13.1. The number of aromatic nitrogens is 1. The average Bonchev–Trinajstić information content (AvgIpc) is 2.93. The summed E-state index contributed by atoms with van der Waals surface area (Å²) in [6.45, 7) is 1.79. The summed E-state index contributed by atoms with van der Waals surface area (Å²) < 4.78 is 11.5.